The van der Waals surface area contributed by atoms with Gasteiger partial charge in [0.25, 0.3) is 0 Å². The van der Waals surface area contributed by atoms with Crippen LogP contribution in [0.1, 0.15) is 24.8 Å². The second kappa shape index (κ2) is 12.5. The maximum atomic E-state index is 5.51. The normalized spacial score (nSPS) is 24.2. The summed E-state index contributed by atoms with van der Waals surface area (Å²) < 4.78 is 5.51. The molecular weight excluding hydrogens is 400 g/mol. The fraction of sp³-hybridized carbons (Fsp3) is 0.720. The molecule has 1 atom stereocenters. The van der Waals surface area contributed by atoms with Gasteiger partial charge in [-0.15, -0.1) is 0 Å². The minimum atomic E-state index is 0.651. The largest absolute Gasteiger partial charge is 0.379 e. The van der Waals surface area contributed by atoms with E-state index in [2.05, 4.69) is 60.2 Å². The molecule has 4 rings (SSSR count). The SMILES string of the molecule is CN=C(NCCCCN1CCN(Cc2ccccc2)CC1)N1CCC(N2CCOCC2)C1. The number of aliphatic imine (C=N–C) groups is 1. The van der Waals surface area contributed by atoms with Crippen LogP contribution in [0.5, 0.6) is 0 Å². The minimum Gasteiger partial charge on any atom is -0.379 e. The minimum absolute atomic E-state index is 0.651. The van der Waals surface area contributed by atoms with E-state index in [9.17, 15) is 0 Å². The third-order valence-corrected chi connectivity index (χ3v) is 7.13. The summed E-state index contributed by atoms with van der Waals surface area (Å²) in [7, 11) is 1.92. The number of benzene rings is 1. The van der Waals surface area contributed by atoms with Gasteiger partial charge in [-0.05, 0) is 31.4 Å². The molecule has 3 aliphatic heterocycles. The van der Waals surface area contributed by atoms with E-state index in [1.807, 2.05) is 7.05 Å². The van der Waals surface area contributed by atoms with Gasteiger partial charge in [-0.3, -0.25) is 14.8 Å². The molecule has 0 aliphatic carbocycles. The first-order valence-corrected chi connectivity index (χ1v) is 12.6. The number of hydrogen-bond donors (Lipinski definition) is 1. The predicted octanol–water partition coefficient (Wildman–Crippen LogP) is 1.57. The zero-order valence-electron chi connectivity index (χ0n) is 19.9. The van der Waals surface area contributed by atoms with E-state index in [1.165, 1.54) is 57.5 Å². The number of rotatable bonds is 8. The van der Waals surface area contributed by atoms with Crippen LogP contribution in [-0.2, 0) is 11.3 Å². The van der Waals surface area contributed by atoms with Crippen molar-refractivity contribution in [1.82, 2.24) is 24.9 Å². The molecular formula is C25H42N6O. The van der Waals surface area contributed by atoms with Crippen LogP contribution in [0.4, 0.5) is 0 Å². The number of nitrogens with one attached hydrogen (secondary N) is 1. The van der Waals surface area contributed by atoms with Crippen LogP contribution >= 0.6 is 0 Å². The van der Waals surface area contributed by atoms with Crippen LogP contribution in [0, 0.1) is 0 Å². The van der Waals surface area contributed by atoms with Gasteiger partial charge in [0, 0.05) is 78.5 Å². The van der Waals surface area contributed by atoms with Gasteiger partial charge in [0.2, 0.25) is 0 Å². The fourth-order valence-electron chi connectivity index (χ4n) is 5.18. The zero-order valence-corrected chi connectivity index (χ0v) is 19.9. The van der Waals surface area contributed by atoms with Gasteiger partial charge < -0.3 is 19.9 Å². The third kappa shape index (κ3) is 6.91. The lowest BCUT2D eigenvalue weighted by Gasteiger charge is -2.34. The molecule has 0 bridgehead atoms. The van der Waals surface area contributed by atoms with Crippen LogP contribution in [0.15, 0.2) is 35.3 Å². The first-order chi connectivity index (χ1) is 15.8. The molecule has 3 aliphatic rings. The van der Waals surface area contributed by atoms with Crippen LogP contribution in [0.2, 0.25) is 0 Å². The number of nitrogens with zero attached hydrogens (tertiary/aromatic N) is 5. The lowest BCUT2D eigenvalue weighted by atomic mass is 10.2. The fourth-order valence-corrected chi connectivity index (χ4v) is 5.18. The summed E-state index contributed by atoms with van der Waals surface area (Å²) in [6, 6.07) is 11.5. The molecule has 0 spiro atoms. The zero-order chi connectivity index (χ0) is 22.0. The Morgan fingerprint density at radius 2 is 1.72 bits per heavy atom. The van der Waals surface area contributed by atoms with Crippen molar-refractivity contribution in [2.45, 2.75) is 31.8 Å². The highest BCUT2D eigenvalue weighted by molar-refractivity contribution is 5.80. The molecule has 3 saturated heterocycles. The average Bonchev–Trinajstić information content (AvgIpc) is 3.34. The lowest BCUT2D eigenvalue weighted by Crippen LogP contribution is -2.47. The van der Waals surface area contributed by atoms with Gasteiger partial charge in [-0.1, -0.05) is 30.3 Å². The first kappa shape index (κ1) is 23.5. The van der Waals surface area contributed by atoms with Gasteiger partial charge in [-0.25, -0.2) is 0 Å². The molecule has 0 aromatic heterocycles. The van der Waals surface area contributed by atoms with E-state index in [0.717, 1.165) is 58.4 Å². The van der Waals surface area contributed by atoms with Crippen LogP contribution in [-0.4, -0.2) is 117 Å². The molecule has 3 heterocycles. The Labute approximate surface area is 194 Å². The van der Waals surface area contributed by atoms with Gasteiger partial charge in [0.15, 0.2) is 5.96 Å². The summed E-state index contributed by atoms with van der Waals surface area (Å²) in [5.74, 6) is 1.08. The molecule has 0 radical (unpaired) electrons. The van der Waals surface area contributed by atoms with Gasteiger partial charge in [0.1, 0.15) is 0 Å². The highest BCUT2D eigenvalue weighted by atomic mass is 16.5. The monoisotopic (exact) mass is 442 g/mol. The lowest BCUT2D eigenvalue weighted by molar-refractivity contribution is 0.0195. The number of ether oxygens (including phenoxy) is 1. The molecule has 0 amide bonds. The Bertz CT molecular complexity index is 685. The first-order valence-electron chi connectivity index (χ1n) is 12.6. The Hall–Kier alpha value is -1.67. The number of likely N-dealkylation sites (tertiary alicyclic amines) is 1. The standard InChI is InChI=1S/C25H42N6O/c1-26-25(31-12-9-24(22-31)30-17-19-32-20-18-30)27-10-5-6-11-28-13-15-29(16-14-28)21-23-7-3-2-4-8-23/h2-4,7-8,24H,5-6,9-22H2,1H3,(H,26,27). The smallest absolute Gasteiger partial charge is 0.193 e. The van der Waals surface area contributed by atoms with Crippen molar-refractivity contribution >= 4 is 5.96 Å². The van der Waals surface area contributed by atoms with Gasteiger partial charge >= 0.3 is 0 Å². The van der Waals surface area contributed by atoms with Crippen molar-refractivity contribution in [3.05, 3.63) is 35.9 Å². The van der Waals surface area contributed by atoms with Crippen molar-refractivity contribution in [2.75, 3.05) is 85.7 Å². The van der Waals surface area contributed by atoms with Crippen molar-refractivity contribution in [1.29, 1.82) is 0 Å². The molecule has 3 fully saturated rings. The molecule has 1 aromatic carbocycles. The number of piperazine rings is 1. The molecule has 7 nitrogen and oxygen atoms in total. The molecule has 32 heavy (non-hydrogen) atoms. The average molecular weight is 443 g/mol. The quantitative estimate of drug-likeness (QED) is 0.375. The molecule has 1 aromatic rings. The van der Waals surface area contributed by atoms with Crippen LogP contribution in [0.25, 0.3) is 0 Å². The number of hydrogen-bond acceptors (Lipinski definition) is 5. The maximum absolute atomic E-state index is 5.51. The van der Waals surface area contributed by atoms with Crippen LogP contribution in [0.3, 0.4) is 0 Å². The summed E-state index contributed by atoms with van der Waals surface area (Å²) in [4.78, 5) is 14.8. The second-order valence-corrected chi connectivity index (χ2v) is 9.32. The van der Waals surface area contributed by atoms with E-state index in [0.29, 0.717) is 6.04 Å². The topological polar surface area (TPSA) is 46.6 Å². The Kier molecular flexibility index (Phi) is 9.20. The third-order valence-electron chi connectivity index (χ3n) is 7.13. The Morgan fingerprint density at radius 1 is 0.969 bits per heavy atom. The second-order valence-electron chi connectivity index (χ2n) is 9.32. The Balaban J connectivity index is 1.07. The number of morpholine rings is 1. The summed E-state index contributed by atoms with van der Waals surface area (Å²) >= 11 is 0. The van der Waals surface area contributed by atoms with Crippen molar-refractivity contribution in [2.24, 2.45) is 4.99 Å². The van der Waals surface area contributed by atoms with E-state index in [4.69, 9.17) is 4.74 Å². The molecule has 7 heteroatoms. The number of unbranched alkanes of at least 4 members (excludes halogenated alkanes) is 1. The molecule has 0 saturated carbocycles. The number of guanidine groups is 1. The van der Waals surface area contributed by atoms with Crippen LogP contribution < -0.4 is 5.32 Å². The molecule has 178 valence electrons. The van der Waals surface area contributed by atoms with Crippen molar-refractivity contribution < 1.29 is 4.74 Å². The van der Waals surface area contributed by atoms with E-state index >= 15 is 0 Å². The summed E-state index contributed by atoms with van der Waals surface area (Å²) in [6.07, 6.45) is 3.68. The maximum Gasteiger partial charge on any atom is 0.193 e. The summed E-state index contributed by atoms with van der Waals surface area (Å²) in [6.45, 7) is 14.2. The Morgan fingerprint density at radius 3 is 2.47 bits per heavy atom. The summed E-state index contributed by atoms with van der Waals surface area (Å²) in [5.41, 5.74) is 1.43. The van der Waals surface area contributed by atoms with E-state index in [1.54, 1.807) is 0 Å². The van der Waals surface area contributed by atoms with E-state index in [-0.39, 0.29) is 0 Å². The highest BCUT2D eigenvalue weighted by Crippen LogP contribution is 2.17. The van der Waals surface area contributed by atoms with Crippen molar-refractivity contribution in [3.63, 3.8) is 0 Å². The predicted molar refractivity (Wildman–Crippen MR) is 131 cm³/mol. The van der Waals surface area contributed by atoms with Crippen molar-refractivity contribution in [3.8, 4) is 0 Å². The molecule has 1 unspecified atom stereocenters. The van der Waals surface area contributed by atoms with E-state index < -0.39 is 0 Å². The molecule has 1 N–H and O–H groups in total. The van der Waals surface area contributed by atoms with Gasteiger partial charge in [0.05, 0.1) is 13.2 Å². The highest BCUT2D eigenvalue weighted by Gasteiger charge is 2.30. The summed E-state index contributed by atoms with van der Waals surface area (Å²) in [5, 5.41) is 3.61. The van der Waals surface area contributed by atoms with Gasteiger partial charge in [-0.2, -0.15) is 0 Å².